The summed E-state index contributed by atoms with van der Waals surface area (Å²) in [4.78, 5) is 22.5. The molecule has 0 spiro atoms. The minimum absolute atomic E-state index is 0.184. The molecule has 6 nitrogen and oxygen atoms in total. The molecule has 7 heteroatoms. The zero-order chi connectivity index (χ0) is 15.7. The zero-order valence-electron chi connectivity index (χ0n) is 11.8. The van der Waals surface area contributed by atoms with E-state index < -0.39 is 18.0 Å². The Balaban J connectivity index is 2.34. The Bertz CT molecular complexity index is 482. The molecule has 0 aliphatic heterocycles. The van der Waals surface area contributed by atoms with E-state index in [1.165, 1.54) is 19.2 Å². The Kier molecular flexibility index (Phi) is 7.17. The maximum Gasteiger partial charge on any atom is 0.326 e. The third-order valence-electron chi connectivity index (χ3n) is 2.80. The second-order valence-corrected chi connectivity index (χ2v) is 4.45. The standard InChI is InChI=1S/C14H19FN2O4/c1-21-8-6-12(13(18)19)17-14(20)16-7-5-10-3-2-4-11(15)9-10/h2-4,9,12H,5-8H2,1H3,(H,18,19)(H2,16,17,20). The largest absolute Gasteiger partial charge is 0.480 e. The highest BCUT2D eigenvalue weighted by atomic mass is 19.1. The second kappa shape index (κ2) is 8.91. The molecule has 1 aromatic carbocycles. The molecule has 0 radical (unpaired) electrons. The summed E-state index contributed by atoms with van der Waals surface area (Å²) in [5, 5.41) is 13.8. The molecule has 1 rings (SSSR count). The van der Waals surface area contributed by atoms with Crippen LogP contribution in [0.2, 0.25) is 0 Å². The molecule has 1 unspecified atom stereocenters. The van der Waals surface area contributed by atoms with E-state index in [9.17, 15) is 14.0 Å². The van der Waals surface area contributed by atoms with Crippen LogP contribution in [0.15, 0.2) is 24.3 Å². The van der Waals surface area contributed by atoms with Crippen LogP contribution in [0, 0.1) is 5.82 Å². The van der Waals surface area contributed by atoms with Crippen LogP contribution in [0.25, 0.3) is 0 Å². The number of nitrogens with one attached hydrogen (secondary N) is 2. The molecule has 1 atom stereocenters. The van der Waals surface area contributed by atoms with Crippen LogP contribution in [0.4, 0.5) is 9.18 Å². The summed E-state index contributed by atoms with van der Waals surface area (Å²) in [7, 11) is 1.46. The Morgan fingerprint density at radius 2 is 2.19 bits per heavy atom. The van der Waals surface area contributed by atoms with E-state index in [4.69, 9.17) is 9.84 Å². The van der Waals surface area contributed by atoms with Crippen molar-refractivity contribution >= 4 is 12.0 Å². The summed E-state index contributed by atoms with van der Waals surface area (Å²) in [5.74, 6) is -1.45. The average Bonchev–Trinajstić information content (AvgIpc) is 2.43. The molecule has 21 heavy (non-hydrogen) atoms. The second-order valence-electron chi connectivity index (χ2n) is 4.45. The first-order valence-electron chi connectivity index (χ1n) is 6.53. The third-order valence-corrected chi connectivity index (χ3v) is 2.80. The predicted molar refractivity (Wildman–Crippen MR) is 74.6 cm³/mol. The normalized spacial score (nSPS) is 11.7. The van der Waals surface area contributed by atoms with Gasteiger partial charge in [0.2, 0.25) is 0 Å². The summed E-state index contributed by atoms with van der Waals surface area (Å²) in [6.45, 7) is 0.520. The molecule has 0 saturated carbocycles. The number of carboxylic acid groups (broad SMARTS) is 1. The van der Waals surface area contributed by atoms with Gasteiger partial charge in [-0.2, -0.15) is 0 Å². The lowest BCUT2D eigenvalue weighted by atomic mass is 10.1. The van der Waals surface area contributed by atoms with E-state index in [-0.39, 0.29) is 25.4 Å². The fraction of sp³-hybridized carbons (Fsp3) is 0.429. The van der Waals surface area contributed by atoms with Gasteiger partial charge in [0.25, 0.3) is 0 Å². The van der Waals surface area contributed by atoms with Crippen molar-refractivity contribution < 1.29 is 23.8 Å². The van der Waals surface area contributed by atoms with Gasteiger partial charge in [-0.15, -0.1) is 0 Å². The van der Waals surface area contributed by atoms with Crippen molar-refractivity contribution in [1.82, 2.24) is 10.6 Å². The third kappa shape index (κ3) is 6.71. The van der Waals surface area contributed by atoms with Crippen LogP contribution in [0.3, 0.4) is 0 Å². The first-order valence-corrected chi connectivity index (χ1v) is 6.53. The molecule has 0 saturated heterocycles. The number of methoxy groups -OCH3 is 1. The van der Waals surface area contributed by atoms with Crippen molar-refractivity contribution in [2.45, 2.75) is 18.9 Å². The number of benzene rings is 1. The number of hydrogen-bond donors (Lipinski definition) is 3. The number of urea groups is 1. The topological polar surface area (TPSA) is 87.7 Å². The van der Waals surface area contributed by atoms with Gasteiger partial charge in [0, 0.05) is 26.7 Å². The number of ether oxygens (including phenoxy) is 1. The minimum Gasteiger partial charge on any atom is -0.480 e. The highest BCUT2D eigenvalue weighted by Gasteiger charge is 2.19. The Morgan fingerprint density at radius 1 is 1.43 bits per heavy atom. The van der Waals surface area contributed by atoms with E-state index in [1.807, 2.05) is 0 Å². The Labute approximate surface area is 122 Å². The molecule has 1 aromatic rings. The molecule has 0 aliphatic rings. The molecule has 116 valence electrons. The lowest BCUT2D eigenvalue weighted by molar-refractivity contribution is -0.139. The van der Waals surface area contributed by atoms with E-state index in [0.29, 0.717) is 6.42 Å². The number of halogens is 1. The number of carbonyl (C=O) groups is 2. The molecular weight excluding hydrogens is 279 g/mol. The summed E-state index contributed by atoms with van der Waals surface area (Å²) in [6, 6.07) is 4.50. The van der Waals surface area contributed by atoms with Gasteiger partial charge in [0.1, 0.15) is 11.9 Å². The van der Waals surface area contributed by atoms with Gasteiger partial charge in [-0.05, 0) is 24.1 Å². The van der Waals surface area contributed by atoms with Gasteiger partial charge in [-0.1, -0.05) is 12.1 Å². The van der Waals surface area contributed by atoms with Gasteiger partial charge in [-0.3, -0.25) is 0 Å². The van der Waals surface area contributed by atoms with Crippen LogP contribution in [-0.2, 0) is 16.0 Å². The smallest absolute Gasteiger partial charge is 0.326 e. The van der Waals surface area contributed by atoms with E-state index >= 15 is 0 Å². The van der Waals surface area contributed by atoms with Gasteiger partial charge >= 0.3 is 12.0 Å². The molecule has 0 heterocycles. The van der Waals surface area contributed by atoms with Crippen LogP contribution < -0.4 is 10.6 Å². The number of hydrogen-bond acceptors (Lipinski definition) is 3. The summed E-state index contributed by atoms with van der Waals surface area (Å²) >= 11 is 0. The molecule has 0 fully saturated rings. The van der Waals surface area contributed by atoms with E-state index in [0.717, 1.165) is 5.56 Å². The monoisotopic (exact) mass is 298 g/mol. The van der Waals surface area contributed by atoms with Crippen LogP contribution >= 0.6 is 0 Å². The first kappa shape index (κ1) is 16.9. The lowest BCUT2D eigenvalue weighted by Gasteiger charge is -2.14. The van der Waals surface area contributed by atoms with Crippen molar-refractivity contribution in [3.8, 4) is 0 Å². The minimum atomic E-state index is -1.12. The fourth-order valence-electron chi connectivity index (χ4n) is 1.72. The predicted octanol–water partition coefficient (Wildman–Crippen LogP) is 1.16. The number of carboxylic acids is 1. The first-order chi connectivity index (χ1) is 10.0. The summed E-state index contributed by atoms with van der Waals surface area (Å²) in [6.07, 6.45) is 0.643. The van der Waals surface area contributed by atoms with Gasteiger partial charge < -0.3 is 20.5 Å². The lowest BCUT2D eigenvalue weighted by Crippen LogP contribution is -2.46. The molecule has 0 aliphatic carbocycles. The molecule has 0 aromatic heterocycles. The summed E-state index contributed by atoms with van der Waals surface area (Å²) in [5.41, 5.74) is 0.754. The maximum absolute atomic E-state index is 13.0. The van der Waals surface area contributed by atoms with Crippen molar-refractivity contribution in [3.63, 3.8) is 0 Å². The number of amides is 2. The van der Waals surface area contributed by atoms with Crippen molar-refractivity contribution in [2.75, 3.05) is 20.3 Å². The van der Waals surface area contributed by atoms with Crippen molar-refractivity contribution in [2.24, 2.45) is 0 Å². The molecule has 2 amide bonds. The maximum atomic E-state index is 13.0. The van der Waals surface area contributed by atoms with Gasteiger partial charge in [0.05, 0.1) is 0 Å². The van der Waals surface area contributed by atoms with Gasteiger partial charge in [-0.25, -0.2) is 14.0 Å². The number of carbonyl (C=O) groups excluding carboxylic acids is 1. The fourth-order valence-corrected chi connectivity index (χ4v) is 1.72. The molecule has 0 bridgehead atoms. The van der Waals surface area contributed by atoms with Gasteiger partial charge in [0.15, 0.2) is 0 Å². The number of aliphatic carboxylic acids is 1. The highest BCUT2D eigenvalue weighted by molar-refractivity contribution is 5.82. The quantitative estimate of drug-likeness (QED) is 0.672. The average molecular weight is 298 g/mol. The van der Waals surface area contributed by atoms with Crippen LogP contribution in [0.5, 0.6) is 0 Å². The summed E-state index contributed by atoms with van der Waals surface area (Å²) < 4.78 is 17.7. The number of rotatable bonds is 8. The Morgan fingerprint density at radius 3 is 2.81 bits per heavy atom. The van der Waals surface area contributed by atoms with Crippen molar-refractivity contribution in [3.05, 3.63) is 35.6 Å². The highest BCUT2D eigenvalue weighted by Crippen LogP contribution is 2.03. The molecule has 3 N–H and O–H groups in total. The van der Waals surface area contributed by atoms with Crippen LogP contribution in [-0.4, -0.2) is 43.4 Å². The van der Waals surface area contributed by atoms with E-state index in [2.05, 4.69) is 10.6 Å². The molecular formula is C14H19FN2O4. The zero-order valence-corrected chi connectivity index (χ0v) is 11.8. The Hall–Kier alpha value is -2.15. The SMILES string of the molecule is COCCC(NC(=O)NCCc1cccc(F)c1)C(=O)O. The van der Waals surface area contributed by atoms with E-state index in [1.54, 1.807) is 12.1 Å². The van der Waals surface area contributed by atoms with Crippen LogP contribution in [0.1, 0.15) is 12.0 Å². The van der Waals surface area contributed by atoms with Crippen molar-refractivity contribution in [1.29, 1.82) is 0 Å².